The molecule has 0 saturated heterocycles. The lowest BCUT2D eigenvalue weighted by atomic mass is 10.1. The Morgan fingerprint density at radius 3 is 2.29 bits per heavy atom. The SMILES string of the molecule is COc1cc(C#N)c(N=CN(C)C)cc1OC. The number of hydrogen-bond acceptors (Lipinski definition) is 4. The Hall–Kier alpha value is -2.22. The van der Waals surface area contributed by atoms with E-state index in [9.17, 15) is 0 Å². The van der Waals surface area contributed by atoms with E-state index >= 15 is 0 Å². The van der Waals surface area contributed by atoms with Crippen LogP contribution in [0.4, 0.5) is 5.69 Å². The van der Waals surface area contributed by atoms with Crippen molar-refractivity contribution in [2.75, 3.05) is 28.3 Å². The number of benzene rings is 1. The Balaban J connectivity index is 3.25. The first-order valence-electron chi connectivity index (χ1n) is 4.99. The predicted molar refractivity (Wildman–Crippen MR) is 66.1 cm³/mol. The lowest BCUT2D eigenvalue weighted by molar-refractivity contribution is 0.355. The average Bonchev–Trinajstić information content (AvgIpc) is 2.34. The minimum atomic E-state index is 0.445. The molecule has 17 heavy (non-hydrogen) atoms. The van der Waals surface area contributed by atoms with E-state index in [0.29, 0.717) is 22.7 Å². The highest BCUT2D eigenvalue weighted by Gasteiger charge is 2.09. The molecule has 0 atom stereocenters. The summed E-state index contributed by atoms with van der Waals surface area (Å²) in [6.07, 6.45) is 1.63. The maximum atomic E-state index is 9.03. The van der Waals surface area contributed by atoms with Crippen molar-refractivity contribution in [2.45, 2.75) is 0 Å². The fourth-order valence-electron chi connectivity index (χ4n) is 1.24. The summed E-state index contributed by atoms with van der Waals surface area (Å²) in [7, 11) is 6.79. The Labute approximate surface area is 101 Å². The third-order valence-electron chi connectivity index (χ3n) is 2.05. The van der Waals surface area contributed by atoms with E-state index in [0.717, 1.165) is 0 Å². The summed E-state index contributed by atoms with van der Waals surface area (Å²) in [5.41, 5.74) is 1.000. The minimum absolute atomic E-state index is 0.445. The molecule has 1 aromatic rings. The van der Waals surface area contributed by atoms with Crippen LogP contribution in [0.2, 0.25) is 0 Å². The van der Waals surface area contributed by atoms with Gasteiger partial charge in [-0.3, -0.25) is 0 Å². The van der Waals surface area contributed by atoms with Gasteiger partial charge in [-0.2, -0.15) is 5.26 Å². The van der Waals surface area contributed by atoms with Gasteiger partial charge in [0, 0.05) is 26.2 Å². The molecule has 90 valence electrons. The zero-order valence-corrected chi connectivity index (χ0v) is 10.4. The molecule has 0 bridgehead atoms. The first-order chi connectivity index (χ1) is 8.12. The van der Waals surface area contributed by atoms with Gasteiger partial charge in [-0.15, -0.1) is 0 Å². The predicted octanol–water partition coefficient (Wildman–Crippen LogP) is 1.80. The number of rotatable bonds is 4. The van der Waals surface area contributed by atoms with Crippen LogP contribution in [0.25, 0.3) is 0 Å². The highest BCUT2D eigenvalue weighted by atomic mass is 16.5. The standard InChI is InChI=1S/C12H15N3O2/c1-15(2)8-14-10-6-12(17-4)11(16-3)5-9(10)7-13/h5-6,8H,1-4H3. The zero-order valence-electron chi connectivity index (χ0n) is 10.4. The molecule has 0 aliphatic rings. The van der Waals surface area contributed by atoms with Crippen molar-refractivity contribution in [3.63, 3.8) is 0 Å². The summed E-state index contributed by atoms with van der Waals surface area (Å²) in [5.74, 6) is 1.07. The number of nitrogens with zero attached hydrogens (tertiary/aromatic N) is 3. The molecule has 0 N–H and O–H groups in total. The first kappa shape index (κ1) is 12.8. The molecule has 0 heterocycles. The van der Waals surface area contributed by atoms with Crippen molar-refractivity contribution in [1.82, 2.24) is 4.90 Å². The molecule has 0 aromatic heterocycles. The van der Waals surface area contributed by atoms with Crippen LogP contribution in [0.1, 0.15) is 5.56 Å². The molecule has 0 amide bonds. The Bertz CT molecular complexity index is 462. The fraction of sp³-hybridized carbons (Fsp3) is 0.333. The molecule has 5 nitrogen and oxygen atoms in total. The van der Waals surface area contributed by atoms with E-state index in [4.69, 9.17) is 14.7 Å². The van der Waals surface area contributed by atoms with Crippen LogP contribution in [0, 0.1) is 11.3 Å². The summed E-state index contributed by atoms with van der Waals surface area (Å²) < 4.78 is 10.3. The summed E-state index contributed by atoms with van der Waals surface area (Å²) in [6, 6.07) is 5.37. The van der Waals surface area contributed by atoms with E-state index in [2.05, 4.69) is 11.1 Å². The van der Waals surface area contributed by atoms with Crippen LogP contribution in [0.3, 0.4) is 0 Å². The highest BCUT2D eigenvalue weighted by molar-refractivity contribution is 5.68. The third-order valence-corrected chi connectivity index (χ3v) is 2.05. The summed E-state index contributed by atoms with van der Waals surface area (Å²) in [4.78, 5) is 5.99. The van der Waals surface area contributed by atoms with Gasteiger partial charge >= 0.3 is 0 Å². The fourth-order valence-corrected chi connectivity index (χ4v) is 1.24. The molecule has 0 aliphatic carbocycles. The van der Waals surface area contributed by atoms with E-state index in [1.54, 1.807) is 30.5 Å². The molecule has 0 radical (unpaired) electrons. The average molecular weight is 233 g/mol. The molecule has 0 aliphatic heterocycles. The van der Waals surface area contributed by atoms with Gasteiger partial charge in [-0.1, -0.05) is 0 Å². The maximum Gasteiger partial charge on any atom is 0.162 e. The van der Waals surface area contributed by atoms with E-state index < -0.39 is 0 Å². The van der Waals surface area contributed by atoms with Crippen molar-refractivity contribution in [1.29, 1.82) is 5.26 Å². The van der Waals surface area contributed by atoms with Crippen LogP contribution in [0.15, 0.2) is 17.1 Å². The third kappa shape index (κ3) is 3.11. The molecule has 0 saturated carbocycles. The van der Waals surface area contributed by atoms with E-state index in [-0.39, 0.29) is 0 Å². The van der Waals surface area contributed by atoms with Crippen LogP contribution in [-0.2, 0) is 0 Å². The monoisotopic (exact) mass is 233 g/mol. The quantitative estimate of drug-likeness (QED) is 0.587. The molecular formula is C12H15N3O2. The number of hydrogen-bond donors (Lipinski definition) is 0. The lowest BCUT2D eigenvalue weighted by Crippen LogP contribution is -2.07. The second kappa shape index (κ2) is 5.75. The van der Waals surface area contributed by atoms with Gasteiger partial charge in [-0.05, 0) is 0 Å². The van der Waals surface area contributed by atoms with Crippen LogP contribution in [0.5, 0.6) is 11.5 Å². The van der Waals surface area contributed by atoms with Crippen molar-refractivity contribution in [3.8, 4) is 17.6 Å². The normalized spacial score (nSPS) is 10.1. The van der Waals surface area contributed by atoms with E-state index in [1.165, 1.54) is 7.11 Å². The second-order valence-corrected chi connectivity index (χ2v) is 3.54. The molecule has 0 fully saturated rings. The highest BCUT2D eigenvalue weighted by Crippen LogP contribution is 2.34. The van der Waals surface area contributed by atoms with Gasteiger partial charge in [-0.25, -0.2) is 4.99 Å². The van der Waals surface area contributed by atoms with Gasteiger partial charge in [0.15, 0.2) is 11.5 Å². The minimum Gasteiger partial charge on any atom is -0.493 e. The molecule has 5 heteroatoms. The number of nitriles is 1. The van der Waals surface area contributed by atoms with E-state index in [1.807, 2.05) is 14.1 Å². The number of methoxy groups -OCH3 is 2. The van der Waals surface area contributed by atoms with Gasteiger partial charge in [0.05, 0.1) is 31.8 Å². The number of aliphatic imine (C=N–C) groups is 1. The van der Waals surface area contributed by atoms with Crippen molar-refractivity contribution in [3.05, 3.63) is 17.7 Å². The largest absolute Gasteiger partial charge is 0.493 e. The summed E-state index contributed by atoms with van der Waals surface area (Å²) in [5, 5.41) is 9.03. The molecule has 1 aromatic carbocycles. The van der Waals surface area contributed by atoms with Gasteiger partial charge in [0.25, 0.3) is 0 Å². The Morgan fingerprint density at radius 2 is 1.82 bits per heavy atom. The van der Waals surface area contributed by atoms with Crippen molar-refractivity contribution < 1.29 is 9.47 Å². The zero-order chi connectivity index (χ0) is 12.8. The van der Waals surface area contributed by atoms with Gasteiger partial charge < -0.3 is 14.4 Å². The number of ether oxygens (including phenoxy) is 2. The van der Waals surface area contributed by atoms with Crippen molar-refractivity contribution >= 4 is 12.0 Å². The first-order valence-corrected chi connectivity index (χ1v) is 4.99. The smallest absolute Gasteiger partial charge is 0.162 e. The molecule has 1 rings (SSSR count). The van der Waals surface area contributed by atoms with Crippen LogP contribution in [-0.4, -0.2) is 39.6 Å². The molecular weight excluding hydrogens is 218 g/mol. The molecule has 0 unspecified atom stereocenters. The van der Waals surface area contributed by atoms with Gasteiger partial charge in [0.1, 0.15) is 6.07 Å². The summed E-state index contributed by atoms with van der Waals surface area (Å²) in [6.45, 7) is 0. The Kier molecular flexibility index (Phi) is 4.35. The lowest BCUT2D eigenvalue weighted by Gasteiger charge is -2.09. The van der Waals surface area contributed by atoms with Crippen LogP contribution >= 0.6 is 0 Å². The molecule has 0 spiro atoms. The topological polar surface area (TPSA) is 57.8 Å². The van der Waals surface area contributed by atoms with Gasteiger partial charge in [0.2, 0.25) is 0 Å². The maximum absolute atomic E-state index is 9.03. The second-order valence-electron chi connectivity index (χ2n) is 3.54. The van der Waals surface area contributed by atoms with Crippen LogP contribution < -0.4 is 9.47 Å². The summed E-state index contributed by atoms with van der Waals surface area (Å²) >= 11 is 0. The van der Waals surface area contributed by atoms with Crippen molar-refractivity contribution in [2.24, 2.45) is 4.99 Å². The Morgan fingerprint density at radius 1 is 1.24 bits per heavy atom.